The molecular formula is C29H42O8. The van der Waals surface area contributed by atoms with Gasteiger partial charge in [0.25, 0.3) is 0 Å². The van der Waals surface area contributed by atoms with Gasteiger partial charge in [-0.3, -0.25) is 4.79 Å². The first-order valence-corrected chi connectivity index (χ1v) is 13.9. The van der Waals surface area contributed by atoms with E-state index in [0.29, 0.717) is 45.3 Å². The first kappa shape index (κ1) is 26.9. The lowest BCUT2D eigenvalue weighted by Crippen LogP contribution is -2.66. The molecule has 37 heavy (non-hydrogen) atoms. The maximum absolute atomic E-state index is 13.1. The number of esters is 2. The summed E-state index contributed by atoms with van der Waals surface area (Å²) in [7, 11) is 0. The molecule has 3 fully saturated rings. The molecule has 5 aliphatic rings. The van der Waals surface area contributed by atoms with E-state index in [1.165, 1.54) is 11.6 Å². The predicted octanol–water partition coefficient (Wildman–Crippen LogP) is 3.79. The summed E-state index contributed by atoms with van der Waals surface area (Å²) >= 11 is 0. The Morgan fingerprint density at radius 2 is 1.84 bits per heavy atom. The number of aliphatic hydroxyl groups excluding tert-OH is 1. The van der Waals surface area contributed by atoms with Gasteiger partial charge in [0, 0.05) is 24.3 Å². The van der Waals surface area contributed by atoms with Crippen LogP contribution >= 0.6 is 0 Å². The van der Waals surface area contributed by atoms with E-state index in [0.717, 1.165) is 24.8 Å². The zero-order valence-corrected chi connectivity index (χ0v) is 22.6. The molecule has 3 heterocycles. The highest BCUT2D eigenvalue weighted by Gasteiger charge is 2.83. The fourth-order valence-electron chi connectivity index (χ4n) is 7.32. The van der Waals surface area contributed by atoms with E-state index < -0.39 is 28.5 Å². The summed E-state index contributed by atoms with van der Waals surface area (Å²) in [6.07, 6.45) is 7.18. The van der Waals surface area contributed by atoms with Crippen molar-refractivity contribution >= 4 is 11.9 Å². The molecule has 0 unspecified atom stereocenters. The van der Waals surface area contributed by atoms with E-state index >= 15 is 0 Å². The molecule has 8 heteroatoms. The Hall–Kier alpha value is -1.74. The van der Waals surface area contributed by atoms with Crippen molar-refractivity contribution in [2.75, 3.05) is 19.8 Å². The van der Waals surface area contributed by atoms with Crippen LogP contribution in [0.15, 0.2) is 23.3 Å². The second-order valence-corrected chi connectivity index (χ2v) is 12.1. The Kier molecular flexibility index (Phi) is 7.33. The number of epoxide rings is 1. The molecule has 8 nitrogen and oxygen atoms in total. The van der Waals surface area contributed by atoms with Gasteiger partial charge in [0.15, 0.2) is 0 Å². The average molecular weight is 519 g/mol. The molecular weight excluding hydrogens is 476 g/mol. The monoisotopic (exact) mass is 518 g/mol. The van der Waals surface area contributed by atoms with Gasteiger partial charge in [0.05, 0.1) is 43.0 Å². The van der Waals surface area contributed by atoms with E-state index in [1.807, 2.05) is 6.92 Å². The van der Waals surface area contributed by atoms with Crippen molar-refractivity contribution < 1.29 is 38.4 Å². The van der Waals surface area contributed by atoms with Crippen LogP contribution in [0.3, 0.4) is 0 Å². The van der Waals surface area contributed by atoms with E-state index in [2.05, 4.69) is 19.9 Å². The number of ether oxygens (including phenoxy) is 5. The summed E-state index contributed by atoms with van der Waals surface area (Å²) in [5.74, 6) is -0.622. The Morgan fingerprint density at radius 3 is 2.57 bits per heavy atom. The van der Waals surface area contributed by atoms with Crippen LogP contribution in [0.5, 0.6) is 0 Å². The Morgan fingerprint density at radius 1 is 1.05 bits per heavy atom. The van der Waals surface area contributed by atoms with Gasteiger partial charge >= 0.3 is 11.9 Å². The lowest BCUT2D eigenvalue weighted by Gasteiger charge is -2.58. The molecule has 0 aromatic heterocycles. The van der Waals surface area contributed by atoms with Gasteiger partial charge < -0.3 is 28.8 Å². The van der Waals surface area contributed by atoms with Gasteiger partial charge in [-0.1, -0.05) is 30.6 Å². The molecule has 0 amide bonds. The maximum Gasteiger partial charge on any atom is 0.330 e. The molecule has 1 N–H and O–H groups in total. The van der Waals surface area contributed by atoms with Crippen molar-refractivity contribution in [1.82, 2.24) is 0 Å². The third-order valence-corrected chi connectivity index (χ3v) is 9.81. The largest absolute Gasteiger partial charge is 0.462 e. The summed E-state index contributed by atoms with van der Waals surface area (Å²) in [6, 6.07) is 0. The molecule has 0 aromatic carbocycles. The number of carbonyl (C=O) groups is 2. The van der Waals surface area contributed by atoms with Crippen molar-refractivity contribution in [2.24, 2.45) is 10.8 Å². The average Bonchev–Trinajstić information content (AvgIpc) is 3.61. The molecule has 0 aromatic rings. The van der Waals surface area contributed by atoms with Gasteiger partial charge in [-0.05, 0) is 52.9 Å². The highest BCUT2D eigenvalue weighted by molar-refractivity contribution is 5.82. The minimum absolute atomic E-state index is 0.161. The van der Waals surface area contributed by atoms with Gasteiger partial charge in [0.1, 0.15) is 18.3 Å². The van der Waals surface area contributed by atoms with E-state index in [-0.39, 0.29) is 37.0 Å². The lowest BCUT2D eigenvalue weighted by atomic mass is 9.51. The van der Waals surface area contributed by atoms with Crippen molar-refractivity contribution in [3.63, 3.8) is 0 Å². The van der Waals surface area contributed by atoms with Crippen molar-refractivity contribution in [2.45, 2.75) is 115 Å². The van der Waals surface area contributed by atoms with Gasteiger partial charge in [-0.15, -0.1) is 0 Å². The van der Waals surface area contributed by atoms with Gasteiger partial charge in [-0.2, -0.15) is 0 Å². The Labute approximate surface area is 219 Å². The highest BCUT2D eigenvalue weighted by atomic mass is 16.6. The van der Waals surface area contributed by atoms with Crippen molar-refractivity contribution in [1.29, 1.82) is 0 Å². The SMILES string of the molecule is CC1=C[C@H]2O[C@@H]3C[C@H]4OC(=O)CCCC[C@H]([C@H](C)O)OCC/C(C)=C\C(=O)OC[C@@]2(CC1)[C@]4(C)[C@]31CO1. The summed E-state index contributed by atoms with van der Waals surface area (Å²) in [5, 5.41) is 10.1. The van der Waals surface area contributed by atoms with Crippen LogP contribution in [0.2, 0.25) is 0 Å². The van der Waals surface area contributed by atoms with Crippen molar-refractivity contribution in [3.05, 3.63) is 23.3 Å². The highest BCUT2D eigenvalue weighted by Crippen LogP contribution is 2.72. The first-order chi connectivity index (χ1) is 17.6. The summed E-state index contributed by atoms with van der Waals surface area (Å²) in [4.78, 5) is 26.0. The minimum atomic E-state index is -0.614. The number of aliphatic hydroxyl groups is 1. The minimum Gasteiger partial charge on any atom is -0.462 e. The third-order valence-electron chi connectivity index (χ3n) is 9.81. The second-order valence-electron chi connectivity index (χ2n) is 12.1. The van der Waals surface area contributed by atoms with Crippen LogP contribution in [-0.4, -0.2) is 73.0 Å². The molecule has 3 aliphatic heterocycles. The standard InChI is InChI=1S/C29H42O8/c1-18-9-11-28-16-34-26(32)14-19(2)10-12-33-21(20(3)30)7-5-6-8-25(31)37-22-15-24(36-23(28)13-18)29(17-35-29)27(22,28)4/h13-14,20-24,30H,5-12,15-17H2,1-4H3/b19-14-/t20-,21+,22+,23+,24+,27+,28+,29-/m0/s1. The molecule has 2 saturated heterocycles. The molecule has 2 bridgehead atoms. The van der Waals surface area contributed by atoms with E-state index in [1.54, 1.807) is 6.92 Å². The number of allylic oxidation sites excluding steroid dienone is 1. The van der Waals surface area contributed by atoms with Crippen LogP contribution in [0.1, 0.15) is 79.1 Å². The summed E-state index contributed by atoms with van der Waals surface area (Å²) in [5.41, 5.74) is 0.503. The normalized spacial score (nSPS) is 45.3. The van der Waals surface area contributed by atoms with Crippen molar-refractivity contribution in [3.8, 4) is 0 Å². The van der Waals surface area contributed by atoms with Gasteiger partial charge in [-0.25, -0.2) is 4.79 Å². The lowest BCUT2D eigenvalue weighted by molar-refractivity contribution is -0.232. The zero-order valence-electron chi connectivity index (χ0n) is 22.6. The Balaban J connectivity index is 1.46. The number of carbonyl (C=O) groups excluding carboxylic acids is 2. The summed E-state index contributed by atoms with van der Waals surface area (Å²) < 4.78 is 30.9. The smallest absolute Gasteiger partial charge is 0.330 e. The molecule has 2 aliphatic carbocycles. The number of rotatable bonds is 1. The maximum atomic E-state index is 13.1. The van der Waals surface area contributed by atoms with Crippen LogP contribution in [0.25, 0.3) is 0 Å². The van der Waals surface area contributed by atoms with E-state index in [4.69, 9.17) is 23.7 Å². The topological polar surface area (TPSA) is 104 Å². The van der Waals surface area contributed by atoms with Crippen LogP contribution in [0.4, 0.5) is 0 Å². The fraction of sp³-hybridized carbons (Fsp3) is 0.793. The van der Waals surface area contributed by atoms with Crippen LogP contribution in [-0.2, 0) is 33.3 Å². The quantitative estimate of drug-likeness (QED) is 0.318. The number of cyclic esters (lactones) is 1. The zero-order chi connectivity index (χ0) is 26.4. The van der Waals surface area contributed by atoms with E-state index in [9.17, 15) is 14.7 Å². The molecule has 0 radical (unpaired) electrons. The predicted molar refractivity (Wildman–Crippen MR) is 135 cm³/mol. The molecule has 206 valence electrons. The van der Waals surface area contributed by atoms with Crippen LogP contribution < -0.4 is 0 Å². The second kappa shape index (κ2) is 10.1. The number of hydrogen-bond acceptors (Lipinski definition) is 8. The molecule has 5 rings (SSSR count). The summed E-state index contributed by atoms with van der Waals surface area (Å²) in [6.45, 7) is 9.02. The molecule has 2 spiro atoms. The molecule has 1 saturated carbocycles. The first-order valence-electron chi connectivity index (χ1n) is 13.9. The van der Waals surface area contributed by atoms with Crippen LogP contribution in [0, 0.1) is 10.8 Å². The van der Waals surface area contributed by atoms with Gasteiger partial charge in [0.2, 0.25) is 0 Å². The Bertz CT molecular complexity index is 965. The third kappa shape index (κ3) is 4.58. The number of hydrogen-bond donors (Lipinski definition) is 1. The fourth-order valence-corrected chi connectivity index (χ4v) is 7.32. The molecule has 8 atom stereocenters.